The van der Waals surface area contributed by atoms with Crippen LogP contribution in [0.15, 0.2) is 0 Å². The fraction of sp³-hybridized carbons (Fsp3) is 0.500. The van der Waals surface area contributed by atoms with Gasteiger partial charge >= 0.3 is 0 Å². The molecular formula is C62H93N29. The third-order valence-corrected chi connectivity index (χ3v) is 15.6. The molecule has 0 bridgehead atoms. The molecule has 12 N–H and O–H groups in total. The molecule has 0 aliphatic carbocycles. The fourth-order valence-electron chi connectivity index (χ4n) is 11.5. The van der Waals surface area contributed by atoms with Gasteiger partial charge in [0.25, 0.3) is 0 Å². The van der Waals surface area contributed by atoms with Crippen LogP contribution >= 0.6 is 0 Å². The summed E-state index contributed by atoms with van der Waals surface area (Å²) >= 11 is 0. The minimum absolute atomic E-state index is 0.285. The van der Waals surface area contributed by atoms with Gasteiger partial charge in [0, 0.05) is 34.8 Å². The minimum atomic E-state index is 0.285. The number of hydrogen-bond acceptors (Lipinski definition) is 23. The lowest BCUT2D eigenvalue weighted by Crippen LogP contribution is -2.06. The topological polar surface area (TPSA) is 402 Å². The van der Waals surface area contributed by atoms with E-state index >= 15 is 0 Å². The molecule has 12 rings (SSSR count). The normalized spacial score (nSPS) is 11.5. The maximum absolute atomic E-state index is 5.97. The first-order valence-corrected chi connectivity index (χ1v) is 30.5. The molecule has 0 amide bonds. The summed E-state index contributed by atoms with van der Waals surface area (Å²) in [5.74, 6) is 12.4. The zero-order valence-electron chi connectivity index (χ0n) is 57.7. The predicted molar refractivity (Wildman–Crippen MR) is 359 cm³/mol. The molecular weight excluding hydrogens is 1150 g/mol. The van der Waals surface area contributed by atoms with Crippen LogP contribution < -0.4 is 34.4 Å². The molecule has 0 saturated carbocycles. The number of aromatic nitrogens is 23. The molecule has 12 aromatic rings. The molecule has 0 atom stereocenters. The van der Waals surface area contributed by atoms with Crippen molar-refractivity contribution in [1.29, 1.82) is 0 Å². The van der Waals surface area contributed by atoms with Gasteiger partial charge in [-0.1, -0.05) is 83.1 Å². The highest BCUT2D eigenvalue weighted by molar-refractivity contribution is 5.75. The second kappa shape index (κ2) is 27.1. The maximum atomic E-state index is 5.97. The number of anilines is 6. The zero-order chi connectivity index (χ0) is 67.8. The molecule has 29 heteroatoms. The molecule has 29 nitrogen and oxygen atoms in total. The monoisotopic (exact) mass is 1240 g/mol. The lowest BCUT2D eigenvalue weighted by molar-refractivity contribution is 0.711. The average molecular weight is 1240 g/mol. The largest absolute Gasteiger partial charge is 0.382 e. The Morgan fingerprint density at radius 1 is 0.264 bits per heavy atom. The molecule has 12 heterocycles. The summed E-state index contributed by atoms with van der Waals surface area (Å²) < 4.78 is 11.7. The van der Waals surface area contributed by atoms with Crippen molar-refractivity contribution in [2.45, 2.75) is 209 Å². The fourth-order valence-corrected chi connectivity index (χ4v) is 11.5. The van der Waals surface area contributed by atoms with Crippen molar-refractivity contribution in [1.82, 2.24) is 113 Å². The average Bonchev–Trinajstić information content (AvgIpc) is 1.72. The molecule has 91 heavy (non-hydrogen) atoms. The van der Waals surface area contributed by atoms with Crippen molar-refractivity contribution in [3.05, 3.63) is 109 Å². The van der Waals surface area contributed by atoms with Gasteiger partial charge in [0.05, 0.1) is 22.6 Å². The van der Waals surface area contributed by atoms with E-state index in [0.29, 0.717) is 87.4 Å². The number of fused-ring (bicyclic) bond motifs is 6. The molecule has 0 spiro atoms. The van der Waals surface area contributed by atoms with Crippen LogP contribution in [0, 0.1) is 90.0 Å². The van der Waals surface area contributed by atoms with Crippen LogP contribution in [0.3, 0.4) is 0 Å². The van der Waals surface area contributed by atoms with E-state index in [4.69, 9.17) is 34.4 Å². The molecule has 0 unspecified atom stereocenters. The number of aryl methyl sites for hydroxylation is 11. The molecule has 0 saturated heterocycles. The molecule has 0 aliphatic rings. The molecule has 0 fully saturated rings. The Hall–Kier alpha value is -9.83. The first-order chi connectivity index (χ1) is 42.5. The van der Waals surface area contributed by atoms with Crippen LogP contribution in [0.1, 0.15) is 227 Å². The summed E-state index contributed by atoms with van der Waals surface area (Å²) in [5, 5.41) is 48.5. The minimum Gasteiger partial charge on any atom is -0.382 e. The summed E-state index contributed by atoms with van der Waals surface area (Å²) in [4.78, 5) is 21.8. The summed E-state index contributed by atoms with van der Waals surface area (Å²) in [6, 6.07) is 0. The van der Waals surface area contributed by atoms with Gasteiger partial charge in [-0.15, -0.1) is 51.0 Å². The zero-order valence-corrected chi connectivity index (χ0v) is 57.7. The molecule has 0 aromatic carbocycles. The van der Waals surface area contributed by atoms with Gasteiger partial charge in [-0.2, -0.15) is 10.2 Å². The third kappa shape index (κ3) is 13.4. The smallest absolute Gasteiger partial charge is 0.206 e. The Bertz CT molecular complexity index is 4600. The van der Waals surface area contributed by atoms with Gasteiger partial charge in [-0.25, -0.2) is 34.0 Å². The van der Waals surface area contributed by atoms with Crippen molar-refractivity contribution >= 4 is 68.3 Å². The Balaban J connectivity index is 0.000000155. The van der Waals surface area contributed by atoms with Gasteiger partial charge in [0.1, 0.15) is 69.0 Å². The Morgan fingerprint density at radius 2 is 0.670 bits per heavy atom. The molecule has 0 aliphatic heterocycles. The number of rotatable bonds is 6. The van der Waals surface area contributed by atoms with E-state index in [9.17, 15) is 0 Å². The van der Waals surface area contributed by atoms with E-state index in [1.807, 2.05) is 93.9 Å². The first kappa shape index (κ1) is 68.7. The highest BCUT2D eigenvalue weighted by atomic mass is 15.3. The molecule has 0 radical (unpaired) electrons. The maximum Gasteiger partial charge on any atom is 0.206 e. The highest BCUT2D eigenvalue weighted by Gasteiger charge is 2.23. The van der Waals surface area contributed by atoms with E-state index in [1.54, 1.807) is 4.52 Å². The van der Waals surface area contributed by atoms with E-state index in [-0.39, 0.29) is 5.92 Å². The van der Waals surface area contributed by atoms with Crippen LogP contribution in [0.25, 0.3) is 33.4 Å². The van der Waals surface area contributed by atoms with Gasteiger partial charge in [0.15, 0.2) is 40.6 Å². The van der Waals surface area contributed by atoms with Crippen LogP contribution in [0.5, 0.6) is 0 Å². The van der Waals surface area contributed by atoms with E-state index in [1.165, 1.54) is 33.6 Å². The standard InChI is InChI=1S/2C12H18N4.3C10H15N5.C8H12N6/c1-6(2)10-7(3)8(4)11-12(13)15-14-9(5)16(10)11;1-6(2)10-7(3)8(4)11-12(13)14-9(5)15-16(10)11;1-5(2)10-12-6(3)8-9(11)14-13-7(4)15(8)10;1-5(2)10-12-6(3)8-9(11)13-7(4)14-15(8)10;1-5(2)8-6(3)12-10-9(11)14-13-7(4)15(8)10;1-4(2)7-12-13-8-6(9)11-10-5(3)14(7)8/h6H,1-5H3,(H2,13,15);6H,1-5H3,(H2,13,14,15);5H,1-4H3,(H2,11,14);5H,1-4H3,(H2,11,13,14);5H,1-4H3,(H2,11,14);4H,1-3H3,(H2,9,11). The molecule has 12 aromatic heterocycles. The lowest BCUT2D eigenvalue weighted by Gasteiger charge is -2.10. The van der Waals surface area contributed by atoms with Gasteiger partial charge in [0.2, 0.25) is 5.65 Å². The first-order valence-electron chi connectivity index (χ1n) is 30.5. The van der Waals surface area contributed by atoms with Crippen LogP contribution in [-0.4, -0.2) is 113 Å². The Labute approximate surface area is 530 Å². The highest BCUT2D eigenvalue weighted by Crippen LogP contribution is 2.32. The SMILES string of the molecule is Cc1c(C)c2c(N)nnc(C)n2c1C(C)C.Cc1nc(C(C)C)n2c(C)nnc(N)c12.Cc1nc(N)c2c(C)c(C)c(C(C)C)n2n1.Cc1nc(N)c2c(C)nc(C(C)C)n2n1.Cc1nc2c(N)nnc(C)n2c1C(C)C.Cc1nnc(N)c2nnc(C(C)C)n12. The summed E-state index contributed by atoms with van der Waals surface area (Å²) in [7, 11) is 0. The second-order valence-corrected chi connectivity index (χ2v) is 24.8. The van der Waals surface area contributed by atoms with E-state index < -0.39 is 0 Å². The summed E-state index contributed by atoms with van der Waals surface area (Å²) in [6.07, 6.45) is 0. The predicted octanol–water partition coefficient (Wildman–Crippen LogP) is 9.59. The van der Waals surface area contributed by atoms with Crippen molar-refractivity contribution in [3.8, 4) is 0 Å². The van der Waals surface area contributed by atoms with Crippen LogP contribution in [0.2, 0.25) is 0 Å². The Morgan fingerprint density at radius 3 is 1.19 bits per heavy atom. The van der Waals surface area contributed by atoms with Crippen molar-refractivity contribution < 1.29 is 0 Å². The summed E-state index contributed by atoms with van der Waals surface area (Å²) in [6.45, 7) is 51.0. The van der Waals surface area contributed by atoms with Gasteiger partial charge in [-0.3, -0.25) is 17.6 Å². The number of hydrogen-bond donors (Lipinski definition) is 6. The Kier molecular flexibility index (Phi) is 20.4. The van der Waals surface area contributed by atoms with Gasteiger partial charge in [-0.05, 0) is 130 Å². The van der Waals surface area contributed by atoms with E-state index in [0.717, 1.165) is 85.6 Å². The van der Waals surface area contributed by atoms with Gasteiger partial charge < -0.3 is 34.4 Å². The van der Waals surface area contributed by atoms with Crippen LogP contribution in [-0.2, 0) is 0 Å². The lowest BCUT2D eigenvalue weighted by atomic mass is 10.0. The third-order valence-electron chi connectivity index (χ3n) is 15.6. The van der Waals surface area contributed by atoms with Crippen molar-refractivity contribution in [2.75, 3.05) is 34.4 Å². The molecule has 486 valence electrons. The van der Waals surface area contributed by atoms with Crippen LogP contribution in [0.4, 0.5) is 34.9 Å². The second-order valence-electron chi connectivity index (χ2n) is 24.8. The number of imidazole rings is 3. The quantitative estimate of drug-likeness (QED) is 0.0901. The number of nitrogen functional groups attached to an aromatic ring is 6. The summed E-state index contributed by atoms with van der Waals surface area (Å²) in [5.41, 5.74) is 51.3. The van der Waals surface area contributed by atoms with E-state index in [2.05, 4.69) is 187 Å². The number of nitrogens with two attached hydrogens (primary N) is 6. The number of nitrogens with zero attached hydrogens (tertiary/aromatic N) is 23. The van der Waals surface area contributed by atoms with Crippen molar-refractivity contribution in [2.24, 2.45) is 0 Å². The van der Waals surface area contributed by atoms with Crippen molar-refractivity contribution in [3.63, 3.8) is 0 Å².